The Morgan fingerprint density at radius 1 is 0.619 bits per heavy atom. The maximum absolute atomic E-state index is 12.5. The van der Waals surface area contributed by atoms with Crippen LogP contribution in [0.15, 0.2) is 0 Å². The molecule has 0 aliphatic heterocycles. The molecule has 0 heterocycles. The number of hydrogen-bond donors (Lipinski definition) is 1. The molecule has 0 radical (unpaired) electrons. The van der Waals surface area contributed by atoms with Gasteiger partial charge in [-0.05, 0) is 0 Å². The number of alkyl halides is 11. The van der Waals surface area contributed by atoms with Crippen LogP contribution in [0, 0.1) is 0 Å². The molecule has 0 rings (SSSR count). The maximum atomic E-state index is 12.5. The van der Waals surface area contributed by atoms with Gasteiger partial charge in [0.25, 0.3) is 0 Å². The van der Waals surface area contributed by atoms with Crippen LogP contribution in [-0.4, -0.2) is 62.0 Å². The van der Waals surface area contributed by atoms with Crippen molar-refractivity contribution in [1.82, 2.24) is 0 Å². The van der Waals surface area contributed by atoms with E-state index in [-0.39, 0.29) is 19.8 Å². The van der Waals surface area contributed by atoms with Crippen LogP contribution in [0.25, 0.3) is 0 Å². The van der Waals surface area contributed by atoms with E-state index in [2.05, 4.69) is 0 Å². The predicted octanol–water partition coefficient (Wildman–Crippen LogP) is 1.75. The minimum atomic E-state index is -7.86. The predicted molar refractivity (Wildman–Crippen MR) is 47.3 cm³/mol. The molecule has 0 bridgehead atoms. The summed E-state index contributed by atoms with van der Waals surface area (Å²) in [6.45, 7) is 0. The first-order valence-corrected chi connectivity index (χ1v) is 5.24. The molecule has 0 spiro atoms. The Labute approximate surface area is 121 Å². The third kappa shape index (κ3) is 3.12. The second-order valence-electron chi connectivity index (χ2n) is 3.21. The zero-order valence-corrected chi connectivity index (χ0v) is 9.15. The number of halogens is 11. The third-order valence-electron chi connectivity index (χ3n) is 1.83. The van der Waals surface area contributed by atoms with Crippen molar-refractivity contribution in [3.8, 4) is 0 Å². The molecule has 0 saturated carbocycles. The Kier molecular flexibility index (Phi) is 5.98. The van der Waals surface area contributed by atoms with Gasteiger partial charge in [-0.25, -0.2) is 0 Å². The Morgan fingerprint density at radius 3 is 1.10 bits per heavy atom. The third-order valence-corrected chi connectivity index (χ3v) is 2.74. The van der Waals surface area contributed by atoms with Crippen LogP contribution in [-0.2, 0) is 10.1 Å². The fourth-order valence-electron chi connectivity index (χ4n) is 0.720. The second-order valence-corrected chi connectivity index (χ2v) is 4.68. The van der Waals surface area contributed by atoms with E-state index in [9.17, 15) is 56.7 Å². The summed E-state index contributed by atoms with van der Waals surface area (Å²) in [5.41, 5.74) is 0. The summed E-state index contributed by atoms with van der Waals surface area (Å²) >= 11 is 0. The van der Waals surface area contributed by atoms with E-state index in [0.717, 1.165) is 0 Å². The molecule has 0 aliphatic carbocycles. The normalized spacial score (nSPS) is 15.6. The molecular weight excluding hydrogens is 419 g/mol. The summed E-state index contributed by atoms with van der Waals surface area (Å²) in [5.74, 6) is -23.3. The molecule has 0 aromatic heterocycles. The fourth-order valence-corrected chi connectivity index (χ4v) is 1.17. The van der Waals surface area contributed by atoms with Crippen molar-refractivity contribution in [2.24, 2.45) is 0 Å². The van der Waals surface area contributed by atoms with Gasteiger partial charge in [0.05, 0.1) is 0 Å². The molecule has 0 atom stereocenters. The van der Waals surface area contributed by atoms with Crippen LogP contribution in [0.4, 0.5) is 48.3 Å². The Morgan fingerprint density at radius 2 is 0.905 bits per heavy atom. The molecule has 3 nitrogen and oxygen atoms in total. The summed E-state index contributed by atoms with van der Waals surface area (Å²) in [6, 6.07) is 0. The first-order chi connectivity index (χ1) is 8.25. The van der Waals surface area contributed by atoms with Crippen molar-refractivity contribution in [3.63, 3.8) is 0 Å². The Balaban J connectivity index is 0. The summed E-state index contributed by atoms with van der Waals surface area (Å²) in [6.07, 6.45) is -7.39. The van der Waals surface area contributed by atoms with E-state index in [1.165, 1.54) is 0 Å². The van der Waals surface area contributed by atoms with Crippen LogP contribution in [0.3, 0.4) is 0 Å². The van der Waals surface area contributed by atoms with E-state index < -0.39 is 39.3 Å². The summed E-state index contributed by atoms with van der Waals surface area (Å²) in [4.78, 5) is 0. The molecular formula is C5H4F11GaO3S. The molecule has 16 heteroatoms. The van der Waals surface area contributed by atoms with Crippen LogP contribution >= 0.6 is 0 Å². The van der Waals surface area contributed by atoms with Gasteiger partial charge in [-0.1, -0.05) is 0 Å². The van der Waals surface area contributed by atoms with Crippen LogP contribution < -0.4 is 0 Å². The average molecular weight is 423 g/mol. The van der Waals surface area contributed by atoms with Crippen molar-refractivity contribution in [2.45, 2.75) is 29.2 Å². The van der Waals surface area contributed by atoms with Crippen molar-refractivity contribution in [1.29, 1.82) is 0 Å². The van der Waals surface area contributed by atoms with Gasteiger partial charge in [-0.15, -0.1) is 0 Å². The molecule has 0 aromatic carbocycles. The van der Waals surface area contributed by atoms with Crippen LogP contribution in [0.5, 0.6) is 0 Å². The standard InChI is InChI=1S/C5HF11O3S.Ga.3H/c6-1(7,2(8,9)4(12,13)14)3(10,11)5(15,16)20(17,18)19;;;;/h(H,17,18,19);;;;. The Hall–Kier alpha value is -0.224. The van der Waals surface area contributed by atoms with Crippen LogP contribution in [0.2, 0.25) is 0 Å². The fraction of sp³-hybridized carbons (Fsp3) is 1.00. The van der Waals surface area contributed by atoms with Gasteiger partial charge in [0.15, 0.2) is 0 Å². The summed E-state index contributed by atoms with van der Waals surface area (Å²) < 4.78 is 161. The molecule has 0 saturated heterocycles. The summed E-state index contributed by atoms with van der Waals surface area (Å²) in [7, 11) is -7.41. The van der Waals surface area contributed by atoms with Gasteiger partial charge < -0.3 is 0 Å². The van der Waals surface area contributed by atoms with Gasteiger partial charge in [-0.2, -0.15) is 56.7 Å². The number of hydrogen-bond acceptors (Lipinski definition) is 2. The molecule has 0 fully saturated rings. The monoisotopic (exact) mass is 422 g/mol. The van der Waals surface area contributed by atoms with Crippen molar-refractivity contribution in [2.75, 3.05) is 0 Å². The van der Waals surface area contributed by atoms with E-state index in [1.54, 1.807) is 0 Å². The molecule has 0 aliphatic rings. The SMILES string of the molecule is O=S(=O)(O)C(F)(F)C(F)(F)C(F)(F)C(F)(F)C(F)(F)F.[GaH3]. The first-order valence-electron chi connectivity index (χ1n) is 3.80. The van der Waals surface area contributed by atoms with Gasteiger partial charge in [0, 0.05) is 0 Å². The molecule has 0 aromatic rings. The average Bonchev–Trinajstić information content (AvgIpc) is 2.12. The first kappa shape index (κ1) is 23.0. The summed E-state index contributed by atoms with van der Waals surface area (Å²) in [5, 5.41) is -7.29. The molecule has 0 unspecified atom stereocenters. The quantitative estimate of drug-likeness (QED) is 0.426. The van der Waals surface area contributed by atoms with Gasteiger partial charge >= 0.3 is 59.1 Å². The van der Waals surface area contributed by atoms with E-state index in [1.807, 2.05) is 0 Å². The van der Waals surface area contributed by atoms with Crippen molar-refractivity contribution in [3.05, 3.63) is 0 Å². The molecule has 21 heavy (non-hydrogen) atoms. The number of rotatable bonds is 4. The topological polar surface area (TPSA) is 54.4 Å². The Bertz CT molecular complexity index is 481. The van der Waals surface area contributed by atoms with Crippen molar-refractivity contribution < 1.29 is 61.3 Å². The van der Waals surface area contributed by atoms with E-state index >= 15 is 0 Å². The van der Waals surface area contributed by atoms with Gasteiger partial charge in [0.2, 0.25) is 0 Å². The molecule has 1 N–H and O–H groups in total. The zero-order chi connectivity index (χ0) is 17.0. The van der Waals surface area contributed by atoms with E-state index in [4.69, 9.17) is 4.55 Å². The second kappa shape index (κ2) is 5.45. The van der Waals surface area contributed by atoms with Crippen LogP contribution in [0.1, 0.15) is 0 Å². The van der Waals surface area contributed by atoms with Gasteiger partial charge in [-0.3, -0.25) is 4.55 Å². The molecule has 128 valence electrons. The zero-order valence-electron chi connectivity index (χ0n) is 8.33. The minimum absolute atomic E-state index is 0. The van der Waals surface area contributed by atoms with Crippen molar-refractivity contribution >= 4 is 29.9 Å². The van der Waals surface area contributed by atoms with Gasteiger partial charge in [0.1, 0.15) is 0 Å². The molecule has 0 amide bonds. The van der Waals surface area contributed by atoms with E-state index in [0.29, 0.717) is 0 Å².